The first kappa shape index (κ1) is 16.4. The van der Waals surface area contributed by atoms with Gasteiger partial charge in [0.2, 0.25) is 0 Å². The third-order valence-electron chi connectivity index (χ3n) is 3.00. The lowest BCUT2D eigenvalue weighted by Crippen LogP contribution is -2.01. The summed E-state index contributed by atoms with van der Waals surface area (Å²) in [6.07, 6.45) is 6.12. The summed E-state index contributed by atoms with van der Waals surface area (Å²) in [6.45, 7) is 8.36. The average molecular weight is 287 g/mol. The number of pyridine rings is 1. The first-order chi connectivity index (χ1) is 9.77. The smallest absolute Gasteiger partial charge is 0.331 e. The van der Waals surface area contributed by atoms with Gasteiger partial charge >= 0.3 is 11.9 Å². The molecule has 1 rings (SSSR count). The zero-order valence-corrected chi connectivity index (χ0v) is 12.2. The van der Waals surface area contributed by atoms with Gasteiger partial charge in [-0.3, -0.25) is 4.98 Å². The van der Waals surface area contributed by atoms with Crippen LogP contribution in [0.5, 0.6) is 0 Å². The van der Waals surface area contributed by atoms with Gasteiger partial charge in [0.25, 0.3) is 0 Å². The minimum absolute atomic E-state index is 0.142. The van der Waals surface area contributed by atoms with Gasteiger partial charge in [-0.25, -0.2) is 9.59 Å². The fraction of sp³-hybridized carbons (Fsp3) is 0.188. The Balaban J connectivity index is 3.66. The lowest BCUT2D eigenvalue weighted by atomic mass is 9.97. The normalized spacial score (nSPS) is 12.1. The summed E-state index contributed by atoms with van der Waals surface area (Å²) in [5.74, 6) is -2.08. The van der Waals surface area contributed by atoms with E-state index in [4.69, 9.17) is 10.2 Å². The van der Waals surface area contributed by atoms with Gasteiger partial charge in [-0.1, -0.05) is 12.7 Å². The van der Waals surface area contributed by atoms with Crippen molar-refractivity contribution in [2.75, 3.05) is 0 Å². The molecule has 2 N–H and O–H groups in total. The molecule has 0 bridgehead atoms. The monoisotopic (exact) mass is 287 g/mol. The van der Waals surface area contributed by atoms with Crippen LogP contribution in [-0.4, -0.2) is 27.1 Å². The Morgan fingerprint density at radius 3 is 2.00 bits per heavy atom. The van der Waals surface area contributed by atoms with E-state index in [1.54, 1.807) is 19.2 Å². The second-order valence-electron chi connectivity index (χ2n) is 4.60. The molecular formula is C16H17NO4. The van der Waals surface area contributed by atoms with Crippen LogP contribution in [-0.2, 0) is 9.59 Å². The van der Waals surface area contributed by atoms with Gasteiger partial charge in [0.05, 0.1) is 0 Å². The second kappa shape index (κ2) is 6.65. The highest BCUT2D eigenvalue weighted by Crippen LogP contribution is 2.24. The van der Waals surface area contributed by atoms with E-state index in [-0.39, 0.29) is 11.1 Å². The van der Waals surface area contributed by atoms with Crippen molar-refractivity contribution in [3.05, 3.63) is 46.3 Å². The summed E-state index contributed by atoms with van der Waals surface area (Å²) in [7, 11) is 0. The Hall–Kier alpha value is -2.69. The number of hydrogen-bond donors (Lipinski definition) is 2. The van der Waals surface area contributed by atoms with Crippen LogP contribution in [0.4, 0.5) is 0 Å². The number of rotatable bonds is 5. The van der Waals surface area contributed by atoms with E-state index in [1.807, 2.05) is 0 Å². The maximum atomic E-state index is 11.0. The van der Waals surface area contributed by atoms with E-state index in [9.17, 15) is 9.59 Å². The molecule has 21 heavy (non-hydrogen) atoms. The molecule has 5 heteroatoms. The largest absolute Gasteiger partial charge is 0.478 e. The molecule has 0 fully saturated rings. The SMILES string of the molecule is C=Cc1cnc(C)c(C=C(C)C(=O)O)c1C=C(C)C(=O)O. The molecule has 0 aliphatic heterocycles. The Bertz CT molecular complexity index is 669. The summed E-state index contributed by atoms with van der Waals surface area (Å²) in [4.78, 5) is 26.2. The number of hydrogen-bond acceptors (Lipinski definition) is 3. The molecule has 0 unspecified atom stereocenters. The maximum Gasteiger partial charge on any atom is 0.331 e. The predicted molar refractivity (Wildman–Crippen MR) is 81.6 cm³/mol. The van der Waals surface area contributed by atoms with Crippen molar-refractivity contribution >= 4 is 30.2 Å². The van der Waals surface area contributed by atoms with Gasteiger partial charge in [0.1, 0.15) is 0 Å². The van der Waals surface area contributed by atoms with Gasteiger partial charge in [0.15, 0.2) is 0 Å². The van der Waals surface area contributed by atoms with Crippen molar-refractivity contribution in [1.29, 1.82) is 0 Å². The van der Waals surface area contributed by atoms with E-state index >= 15 is 0 Å². The Labute approximate surface area is 123 Å². The van der Waals surface area contributed by atoms with E-state index in [2.05, 4.69) is 11.6 Å². The molecular weight excluding hydrogens is 270 g/mol. The van der Waals surface area contributed by atoms with E-state index in [0.29, 0.717) is 22.4 Å². The number of carboxylic acid groups (broad SMARTS) is 2. The summed E-state index contributed by atoms with van der Waals surface area (Å²) in [5.41, 5.74) is 2.72. The van der Waals surface area contributed by atoms with E-state index in [1.165, 1.54) is 26.0 Å². The van der Waals surface area contributed by atoms with Crippen molar-refractivity contribution in [3.8, 4) is 0 Å². The molecule has 0 aliphatic rings. The van der Waals surface area contributed by atoms with Gasteiger partial charge in [-0.2, -0.15) is 0 Å². The van der Waals surface area contributed by atoms with Crippen LogP contribution in [0.2, 0.25) is 0 Å². The van der Waals surface area contributed by atoms with Gasteiger partial charge in [-0.15, -0.1) is 0 Å². The maximum absolute atomic E-state index is 11.0. The lowest BCUT2D eigenvalue weighted by molar-refractivity contribution is -0.133. The van der Waals surface area contributed by atoms with Crippen molar-refractivity contribution in [2.24, 2.45) is 0 Å². The molecule has 0 amide bonds. The standard InChI is InChI=1S/C16H17NO4/c1-5-12-8-17-11(4)13(6-9(2)15(18)19)14(12)7-10(3)16(20)21/h5-8H,1H2,2-4H3,(H,18,19)(H,20,21). The van der Waals surface area contributed by atoms with Crippen LogP contribution >= 0.6 is 0 Å². The molecule has 5 nitrogen and oxygen atoms in total. The first-order valence-corrected chi connectivity index (χ1v) is 6.23. The minimum atomic E-state index is -1.04. The van der Waals surface area contributed by atoms with Gasteiger partial charge in [-0.05, 0) is 38.5 Å². The number of carbonyl (C=O) groups is 2. The zero-order chi connectivity index (χ0) is 16.2. The number of aryl methyl sites for hydroxylation is 1. The van der Waals surface area contributed by atoms with Crippen LogP contribution in [0.1, 0.15) is 36.2 Å². The highest BCUT2D eigenvalue weighted by Gasteiger charge is 2.11. The van der Waals surface area contributed by atoms with Crippen LogP contribution in [0.25, 0.3) is 18.2 Å². The van der Waals surface area contributed by atoms with Crippen LogP contribution < -0.4 is 0 Å². The third kappa shape index (κ3) is 3.89. The average Bonchev–Trinajstić information content (AvgIpc) is 2.42. The van der Waals surface area contributed by atoms with Crippen molar-refractivity contribution in [2.45, 2.75) is 20.8 Å². The summed E-state index contributed by atoms with van der Waals surface area (Å²) in [6, 6.07) is 0. The quantitative estimate of drug-likeness (QED) is 0.813. The summed E-state index contributed by atoms with van der Waals surface area (Å²) < 4.78 is 0. The molecule has 0 radical (unpaired) electrons. The zero-order valence-electron chi connectivity index (χ0n) is 12.2. The van der Waals surface area contributed by atoms with Crippen LogP contribution in [0, 0.1) is 6.92 Å². The predicted octanol–water partition coefficient (Wildman–Crippen LogP) is 3.01. The Kier molecular flexibility index (Phi) is 5.18. The fourth-order valence-corrected chi connectivity index (χ4v) is 1.72. The third-order valence-corrected chi connectivity index (χ3v) is 3.00. The number of aromatic nitrogens is 1. The van der Waals surface area contributed by atoms with Crippen LogP contribution in [0.3, 0.4) is 0 Å². The van der Waals surface area contributed by atoms with Crippen molar-refractivity contribution in [1.82, 2.24) is 4.98 Å². The first-order valence-electron chi connectivity index (χ1n) is 6.23. The van der Waals surface area contributed by atoms with Crippen molar-refractivity contribution < 1.29 is 19.8 Å². The molecule has 0 spiro atoms. The number of nitrogens with zero attached hydrogens (tertiary/aromatic N) is 1. The Morgan fingerprint density at radius 1 is 1.10 bits per heavy atom. The summed E-state index contributed by atoms with van der Waals surface area (Å²) in [5, 5.41) is 18.0. The molecule has 0 atom stereocenters. The lowest BCUT2D eigenvalue weighted by Gasteiger charge is -2.10. The molecule has 1 aromatic heterocycles. The van der Waals surface area contributed by atoms with Gasteiger partial charge < -0.3 is 10.2 Å². The topological polar surface area (TPSA) is 87.5 Å². The second-order valence-corrected chi connectivity index (χ2v) is 4.60. The summed E-state index contributed by atoms with van der Waals surface area (Å²) >= 11 is 0. The molecule has 0 aromatic carbocycles. The van der Waals surface area contributed by atoms with Crippen LogP contribution in [0.15, 0.2) is 23.9 Å². The van der Waals surface area contributed by atoms with Gasteiger partial charge in [0, 0.05) is 34.2 Å². The molecule has 1 heterocycles. The molecule has 1 aromatic rings. The highest BCUT2D eigenvalue weighted by molar-refractivity contribution is 5.95. The highest BCUT2D eigenvalue weighted by atomic mass is 16.4. The molecule has 0 aliphatic carbocycles. The molecule has 110 valence electrons. The van der Waals surface area contributed by atoms with E-state index < -0.39 is 11.9 Å². The fourth-order valence-electron chi connectivity index (χ4n) is 1.72. The van der Waals surface area contributed by atoms with Crippen molar-refractivity contribution in [3.63, 3.8) is 0 Å². The molecule has 0 saturated carbocycles. The number of carboxylic acids is 2. The van der Waals surface area contributed by atoms with E-state index in [0.717, 1.165) is 0 Å². The Morgan fingerprint density at radius 2 is 1.57 bits per heavy atom. The number of aliphatic carboxylic acids is 2. The molecule has 0 saturated heterocycles. The minimum Gasteiger partial charge on any atom is -0.478 e.